The number of hydrogen-bond acceptors (Lipinski definition) is 6. The smallest absolute Gasteiger partial charge is 0.329 e. The van der Waals surface area contributed by atoms with Crippen LogP contribution < -0.4 is 17.1 Å². The van der Waals surface area contributed by atoms with Gasteiger partial charge >= 0.3 is 5.97 Å². The second kappa shape index (κ2) is 9.87. The lowest BCUT2D eigenvalue weighted by molar-refractivity contribution is -0.172. The lowest BCUT2D eigenvalue weighted by Crippen LogP contribution is -2.57. The van der Waals surface area contributed by atoms with E-state index in [9.17, 15) is 9.59 Å². The lowest BCUT2D eigenvalue weighted by Gasteiger charge is -2.47. The highest BCUT2D eigenvalue weighted by Gasteiger charge is 2.49. The van der Waals surface area contributed by atoms with Crippen molar-refractivity contribution in [1.82, 2.24) is 10.3 Å². The second-order valence-corrected chi connectivity index (χ2v) is 9.67. The Balaban J connectivity index is 2.49. The molecule has 9 heteroatoms. The number of amidine groups is 1. The molecule has 31 heavy (non-hydrogen) atoms. The molecule has 1 aliphatic rings. The number of piperidine rings is 1. The minimum absolute atomic E-state index is 0.159. The molecule has 1 amide bonds. The number of amides is 1. The molecule has 0 radical (unpaired) electrons. The Morgan fingerprint density at radius 1 is 1.39 bits per heavy atom. The first-order valence-corrected chi connectivity index (χ1v) is 10.9. The molecule has 172 valence electrons. The third kappa shape index (κ3) is 5.89. The zero-order valence-electron chi connectivity index (χ0n) is 18.9. The molecule has 1 saturated heterocycles. The number of likely N-dealkylation sites (tertiary alicyclic amines) is 1. The Morgan fingerprint density at radius 3 is 2.48 bits per heavy atom. The zero-order chi connectivity index (χ0) is 23.4. The summed E-state index contributed by atoms with van der Waals surface area (Å²) in [5.74, 6) is 10.7. The van der Waals surface area contributed by atoms with E-state index in [-0.39, 0.29) is 18.4 Å². The largest absolute Gasteiger partial charge is 0.458 e. The van der Waals surface area contributed by atoms with Crippen LogP contribution in [0.25, 0.3) is 0 Å². The van der Waals surface area contributed by atoms with Gasteiger partial charge < -0.3 is 20.9 Å². The number of hydrazone groups is 1. The fourth-order valence-corrected chi connectivity index (χ4v) is 4.17. The quantitative estimate of drug-likeness (QED) is 0.200. The van der Waals surface area contributed by atoms with Gasteiger partial charge in [0.25, 0.3) is 0 Å². The number of nitrogens with two attached hydrogens (primary N) is 2. The number of nitrogens with zero attached hydrogens (tertiary/aromatic N) is 2. The van der Waals surface area contributed by atoms with Crippen LogP contribution in [0.3, 0.4) is 0 Å². The summed E-state index contributed by atoms with van der Waals surface area (Å²) in [5, 5.41) is 4.25. The van der Waals surface area contributed by atoms with Crippen LogP contribution in [0, 0.1) is 5.41 Å². The second-order valence-electron chi connectivity index (χ2n) is 9.23. The number of nitrogens with one attached hydrogen (secondary N) is 1. The molecule has 8 nitrogen and oxygen atoms in total. The molecule has 2 rings (SSSR count). The molecule has 1 aromatic carbocycles. The topological polar surface area (TPSA) is 123 Å². The number of benzene rings is 1. The number of rotatable bonds is 6. The molecule has 0 bridgehead atoms. The molecular weight excluding hydrogens is 418 g/mol. The van der Waals surface area contributed by atoms with Crippen molar-refractivity contribution in [1.29, 1.82) is 0 Å². The normalized spacial score (nSPS) is 23.5. The maximum atomic E-state index is 13.9. The van der Waals surface area contributed by atoms with E-state index in [0.717, 1.165) is 5.56 Å². The van der Waals surface area contributed by atoms with E-state index in [0.29, 0.717) is 30.1 Å². The van der Waals surface area contributed by atoms with Gasteiger partial charge in [-0.25, -0.2) is 10.6 Å². The Bertz CT molecular complexity index is 821. The Kier molecular flexibility index (Phi) is 7.94. The number of carbonyl (C=O) groups is 2. The summed E-state index contributed by atoms with van der Waals surface area (Å²) < 4.78 is 5.66. The predicted molar refractivity (Wildman–Crippen MR) is 122 cm³/mol. The first-order valence-electron chi connectivity index (χ1n) is 10.5. The standard InChI is InChI=1S/C22H34ClN5O3/c1-6-16(19(29)31-21(2,3)4)28-17(14-7-9-15(23)10-8-14)11-12-22(5,20(28)30)13-18(26-24)27-25/h7-10,16-17H,6,11-13,24-25H2,1-5H3,(H,26,27)/t16-,17?,22?/m0/s1. The van der Waals surface area contributed by atoms with E-state index >= 15 is 0 Å². The van der Waals surface area contributed by atoms with Crippen molar-refractivity contribution in [2.45, 2.75) is 78.0 Å². The Labute approximate surface area is 189 Å². The van der Waals surface area contributed by atoms with E-state index < -0.39 is 23.0 Å². The molecule has 1 fully saturated rings. The highest BCUT2D eigenvalue weighted by Crippen LogP contribution is 2.44. The van der Waals surface area contributed by atoms with Gasteiger partial charge in [-0.2, -0.15) is 5.10 Å². The molecule has 3 atom stereocenters. The van der Waals surface area contributed by atoms with Crippen LogP contribution >= 0.6 is 11.6 Å². The van der Waals surface area contributed by atoms with Gasteiger partial charge in [0, 0.05) is 11.4 Å². The average Bonchev–Trinajstić information content (AvgIpc) is 2.69. The molecule has 1 aromatic rings. The third-order valence-electron chi connectivity index (χ3n) is 5.59. The van der Waals surface area contributed by atoms with Crippen LogP contribution in [0.2, 0.25) is 5.02 Å². The highest BCUT2D eigenvalue weighted by molar-refractivity contribution is 6.30. The number of hydrazine groups is 1. The number of halogens is 1. The molecule has 1 aliphatic heterocycles. The summed E-state index contributed by atoms with van der Waals surface area (Å²) in [7, 11) is 0. The lowest BCUT2D eigenvalue weighted by atomic mass is 9.74. The highest BCUT2D eigenvalue weighted by atomic mass is 35.5. The van der Waals surface area contributed by atoms with Crippen molar-refractivity contribution in [2.75, 3.05) is 0 Å². The summed E-state index contributed by atoms with van der Waals surface area (Å²) in [5.41, 5.74) is 1.90. The van der Waals surface area contributed by atoms with Crippen LogP contribution in [-0.2, 0) is 14.3 Å². The molecule has 1 heterocycles. The van der Waals surface area contributed by atoms with Crippen LogP contribution in [0.4, 0.5) is 0 Å². The fraction of sp³-hybridized carbons (Fsp3) is 0.591. The van der Waals surface area contributed by atoms with Crippen LogP contribution in [-0.4, -0.2) is 34.3 Å². The van der Waals surface area contributed by atoms with Gasteiger partial charge in [-0.1, -0.05) is 37.6 Å². The summed E-state index contributed by atoms with van der Waals surface area (Å²) >= 11 is 6.06. The van der Waals surface area contributed by atoms with E-state index in [2.05, 4.69) is 10.5 Å². The minimum atomic E-state index is -0.817. The maximum Gasteiger partial charge on any atom is 0.329 e. The molecule has 5 N–H and O–H groups in total. The number of ether oxygens (including phenoxy) is 1. The zero-order valence-corrected chi connectivity index (χ0v) is 19.7. The first-order chi connectivity index (χ1) is 14.5. The first kappa shape index (κ1) is 24.9. The van der Waals surface area contributed by atoms with Gasteiger partial charge in [-0.05, 0) is 57.7 Å². The van der Waals surface area contributed by atoms with Gasteiger partial charge in [0.05, 0.1) is 11.5 Å². The van der Waals surface area contributed by atoms with Crippen molar-refractivity contribution >= 4 is 29.3 Å². The van der Waals surface area contributed by atoms with Gasteiger partial charge in [0.2, 0.25) is 5.91 Å². The van der Waals surface area contributed by atoms with E-state index in [1.165, 1.54) is 0 Å². The van der Waals surface area contributed by atoms with Crippen molar-refractivity contribution in [3.05, 3.63) is 34.9 Å². The summed E-state index contributed by atoms with van der Waals surface area (Å²) in [6.45, 7) is 9.17. The summed E-state index contributed by atoms with van der Waals surface area (Å²) in [6.07, 6.45) is 1.91. The monoisotopic (exact) mass is 451 g/mol. The fourth-order valence-electron chi connectivity index (χ4n) is 4.04. The molecule has 0 saturated carbocycles. The van der Waals surface area contributed by atoms with Crippen LogP contribution in [0.15, 0.2) is 29.4 Å². The number of hydrogen-bond donors (Lipinski definition) is 3. The van der Waals surface area contributed by atoms with E-state index in [1.54, 1.807) is 17.0 Å². The van der Waals surface area contributed by atoms with Crippen molar-refractivity contribution in [3.8, 4) is 0 Å². The molecule has 2 unspecified atom stereocenters. The summed E-state index contributed by atoms with van der Waals surface area (Å²) in [4.78, 5) is 28.6. The SMILES string of the molecule is CC[C@@H](C(=O)OC(C)(C)C)N1C(=O)C(C)(C/C(=N/N)NN)CCC1c1ccc(Cl)cc1. The Morgan fingerprint density at radius 2 is 2.00 bits per heavy atom. The average molecular weight is 452 g/mol. The van der Waals surface area contributed by atoms with E-state index in [4.69, 9.17) is 28.0 Å². The third-order valence-corrected chi connectivity index (χ3v) is 5.84. The van der Waals surface area contributed by atoms with Crippen molar-refractivity contribution < 1.29 is 14.3 Å². The minimum Gasteiger partial charge on any atom is -0.458 e. The van der Waals surface area contributed by atoms with Crippen LogP contribution in [0.1, 0.15) is 71.9 Å². The Hall–Kier alpha value is -2.32. The molecule has 0 spiro atoms. The van der Waals surface area contributed by atoms with E-state index in [1.807, 2.05) is 46.8 Å². The molecule has 0 aliphatic carbocycles. The molecular formula is C22H34ClN5O3. The van der Waals surface area contributed by atoms with Gasteiger partial charge in [-0.3, -0.25) is 4.79 Å². The van der Waals surface area contributed by atoms with Gasteiger partial charge in [-0.15, -0.1) is 0 Å². The maximum absolute atomic E-state index is 13.9. The number of carbonyl (C=O) groups excluding carboxylic acids is 2. The van der Waals surface area contributed by atoms with Crippen LogP contribution in [0.5, 0.6) is 0 Å². The van der Waals surface area contributed by atoms with Gasteiger partial charge in [0.15, 0.2) is 0 Å². The van der Waals surface area contributed by atoms with Crippen molar-refractivity contribution in [2.24, 2.45) is 22.2 Å². The van der Waals surface area contributed by atoms with Crippen molar-refractivity contribution in [3.63, 3.8) is 0 Å². The molecule has 0 aromatic heterocycles. The predicted octanol–water partition coefficient (Wildman–Crippen LogP) is 3.26. The number of esters is 1. The summed E-state index contributed by atoms with van der Waals surface area (Å²) in [6, 6.07) is 6.37. The van der Waals surface area contributed by atoms with Gasteiger partial charge in [0.1, 0.15) is 17.5 Å².